The van der Waals surface area contributed by atoms with Crippen molar-refractivity contribution in [3.05, 3.63) is 23.7 Å². The smallest absolute Gasteiger partial charge is 0.254 e. The number of nitrogens with two attached hydrogens (primary N) is 1. The van der Waals surface area contributed by atoms with Crippen molar-refractivity contribution in [1.82, 2.24) is 10.2 Å². The maximum atomic E-state index is 12.4. The fourth-order valence-corrected chi connectivity index (χ4v) is 3.02. The molecule has 0 aliphatic carbocycles. The summed E-state index contributed by atoms with van der Waals surface area (Å²) in [6.07, 6.45) is 4.79. The maximum absolute atomic E-state index is 12.4. The number of amides is 2. The third-order valence-electron chi connectivity index (χ3n) is 4.59. The van der Waals surface area contributed by atoms with Gasteiger partial charge in [0.25, 0.3) is 5.91 Å². The van der Waals surface area contributed by atoms with Gasteiger partial charge in [0.2, 0.25) is 5.91 Å². The van der Waals surface area contributed by atoms with Gasteiger partial charge in [0.1, 0.15) is 12.0 Å². The number of rotatable bonds is 6. The molecule has 2 amide bonds. The number of nitrogens with one attached hydrogen (secondary N) is 1. The first-order chi connectivity index (χ1) is 11.1. The van der Waals surface area contributed by atoms with E-state index in [4.69, 9.17) is 10.2 Å². The summed E-state index contributed by atoms with van der Waals surface area (Å²) in [4.78, 5) is 26.5. The van der Waals surface area contributed by atoms with Crippen LogP contribution in [0.1, 0.15) is 55.6 Å². The van der Waals surface area contributed by atoms with Crippen LogP contribution in [0, 0.1) is 5.92 Å². The number of furan rings is 1. The third-order valence-corrected chi connectivity index (χ3v) is 4.59. The van der Waals surface area contributed by atoms with Gasteiger partial charge in [-0.3, -0.25) is 9.59 Å². The van der Waals surface area contributed by atoms with E-state index in [9.17, 15) is 9.59 Å². The molecule has 0 atom stereocenters. The highest BCUT2D eigenvalue weighted by Gasteiger charge is 2.27. The first-order valence-electron chi connectivity index (χ1n) is 8.46. The summed E-state index contributed by atoms with van der Waals surface area (Å²) < 4.78 is 5.18. The minimum atomic E-state index is -0.141. The topological polar surface area (TPSA) is 88.6 Å². The molecule has 0 radical (unpaired) electrons. The van der Waals surface area contributed by atoms with Crippen LogP contribution < -0.4 is 11.1 Å². The van der Waals surface area contributed by atoms with Gasteiger partial charge < -0.3 is 20.4 Å². The normalized spacial score (nSPS) is 15.2. The van der Waals surface area contributed by atoms with Crippen LogP contribution in [-0.4, -0.2) is 35.8 Å². The van der Waals surface area contributed by atoms with Crippen molar-refractivity contribution in [3.8, 4) is 0 Å². The lowest BCUT2D eigenvalue weighted by Crippen LogP contribution is -2.48. The lowest BCUT2D eigenvalue weighted by atomic mass is 9.98. The molecular weight excluding hydrogens is 330 g/mol. The molecule has 0 unspecified atom stereocenters. The minimum Gasteiger partial charge on any atom is -0.467 e. The molecule has 7 heteroatoms. The Labute approximate surface area is 149 Å². The van der Waals surface area contributed by atoms with Gasteiger partial charge in [0.15, 0.2) is 0 Å². The van der Waals surface area contributed by atoms with E-state index in [1.54, 1.807) is 6.07 Å². The molecule has 1 aliphatic heterocycles. The zero-order valence-electron chi connectivity index (χ0n) is 14.4. The Morgan fingerprint density at radius 1 is 1.33 bits per heavy atom. The highest BCUT2D eigenvalue weighted by molar-refractivity contribution is 5.94. The summed E-state index contributed by atoms with van der Waals surface area (Å²) in [5, 5.41) is 3.01. The second kappa shape index (κ2) is 9.69. The number of hydrogen-bond acceptors (Lipinski definition) is 4. The van der Waals surface area contributed by atoms with E-state index < -0.39 is 0 Å². The summed E-state index contributed by atoms with van der Waals surface area (Å²) in [6, 6.07) is 1.77. The fraction of sp³-hybridized carbons (Fsp3) is 0.647. The first-order valence-corrected chi connectivity index (χ1v) is 8.46. The summed E-state index contributed by atoms with van der Waals surface area (Å²) in [5.41, 5.74) is 5.98. The average molecular weight is 358 g/mol. The Morgan fingerprint density at radius 2 is 1.96 bits per heavy atom. The van der Waals surface area contributed by atoms with Gasteiger partial charge in [0, 0.05) is 25.0 Å². The van der Waals surface area contributed by atoms with Crippen molar-refractivity contribution < 1.29 is 14.0 Å². The van der Waals surface area contributed by atoms with Crippen LogP contribution in [0.15, 0.2) is 16.7 Å². The van der Waals surface area contributed by atoms with Gasteiger partial charge in [-0.1, -0.05) is 13.8 Å². The molecule has 136 valence electrons. The lowest BCUT2D eigenvalue weighted by Gasteiger charge is -2.34. The van der Waals surface area contributed by atoms with Crippen LogP contribution in [0.2, 0.25) is 0 Å². The van der Waals surface area contributed by atoms with Crippen molar-refractivity contribution in [1.29, 1.82) is 0 Å². The maximum Gasteiger partial charge on any atom is 0.254 e. The number of carbonyl (C=O) groups is 2. The van der Waals surface area contributed by atoms with Gasteiger partial charge in [-0.05, 0) is 31.7 Å². The molecule has 1 fully saturated rings. The largest absolute Gasteiger partial charge is 0.467 e. The molecule has 0 spiro atoms. The van der Waals surface area contributed by atoms with Gasteiger partial charge >= 0.3 is 0 Å². The van der Waals surface area contributed by atoms with Crippen molar-refractivity contribution in [2.45, 2.75) is 52.1 Å². The predicted octanol–water partition coefficient (Wildman–Crippen LogP) is 2.32. The molecule has 0 bridgehead atoms. The Hall–Kier alpha value is -1.53. The Balaban J connectivity index is 0.00000288. The Bertz CT molecular complexity index is 535. The summed E-state index contributed by atoms with van der Waals surface area (Å²) >= 11 is 0. The number of nitrogens with zero attached hydrogens (tertiary/aromatic N) is 1. The van der Waals surface area contributed by atoms with E-state index in [-0.39, 0.29) is 42.7 Å². The lowest BCUT2D eigenvalue weighted by molar-refractivity contribution is -0.136. The molecule has 0 aromatic carbocycles. The first kappa shape index (κ1) is 20.5. The highest BCUT2D eigenvalue weighted by atomic mass is 35.5. The number of carbonyl (C=O) groups excluding carboxylic acids is 2. The van der Waals surface area contributed by atoms with Crippen molar-refractivity contribution in [3.63, 3.8) is 0 Å². The molecule has 2 heterocycles. The molecule has 24 heavy (non-hydrogen) atoms. The molecule has 1 saturated heterocycles. The van der Waals surface area contributed by atoms with Crippen LogP contribution in [0.5, 0.6) is 0 Å². The van der Waals surface area contributed by atoms with Crippen LogP contribution in [0.4, 0.5) is 0 Å². The van der Waals surface area contributed by atoms with E-state index >= 15 is 0 Å². The molecular formula is C17H28ClN3O3. The molecule has 0 saturated carbocycles. The SMILES string of the molecule is CCC(CC)C(=O)N1CCC(NC(=O)c2coc(CN)c2)CC1.Cl. The summed E-state index contributed by atoms with van der Waals surface area (Å²) in [5.74, 6) is 0.836. The van der Waals surface area contributed by atoms with E-state index in [0.29, 0.717) is 24.4 Å². The third kappa shape index (κ3) is 4.98. The van der Waals surface area contributed by atoms with E-state index in [0.717, 1.165) is 25.7 Å². The van der Waals surface area contributed by atoms with Crippen LogP contribution in [0.25, 0.3) is 0 Å². The van der Waals surface area contributed by atoms with E-state index in [2.05, 4.69) is 19.2 Å². The number of halogens is 1. The van der Waals surface area contributed by atoms with Gasteiger partial charge in [0.05, 0.1) is 12.1 Å². The average Bonchev–Trinajstić information content (AvgIpc) is 3.06. The fourth-order valence-electron chi connectivity index (χ4n) is 3.02. The number of likely N-dealkylation sites (tertiary alicyclic amines) is 1. The monoisotopic (exact) mass is 357 g/mol. The predicted molar refractivity (Wildman–Crippen MR) is 95.0 cm³/mol. The summed E-state index contributed by atoms with van der Waals surface area (Å²) in [6.45, 7) is 5.81. The van der Waals surface area contributed by atoms with E-state index in [1.165, 1.54) is 6.26 Å². The number of hydrogen-bond donors (Lipinski definition) is 2. The molecule has 1 aromatic rings. The van der Waals surface area contributed by atoms with Crippen molar-refractivity contribution in [2.24, 2.45) is 11.7 Å². The van der Waals surface area contributed by atoms with Gasteiger partial charge in [-0.2, -0.15) is 0 Å². The highest BCUT2D eigenvalue weighted by Crippen LogP contribution is 2.18. The minimum absolute atomic E-state index is 0. The van der Waals surface area contributed by atoms with Gasteiger partial charge in [-0.15, -0.1) is 12.4 Å². The zero-order chi connectivity index (χ0) is 16.8. The van der Waals surface area contributed by atoms with Crippen LogP contribution in [-0.2, 0) is 11.3 Å². The molecule has 6 nitrogen and oxygen atoms in total. The number of piperidine rings is 1. The Morgan fingerprint density at radius 3 is 2.46 bits per heavy atom. The van der Waals surface area contributed by atoms with Gasteiger partial charge in [-0.25, -0.2) is 0 Å². The van der Waals surface area contributed by atoms with Crippen LogP contribution in [0.3, 0.4) is 0 Å². The zero-order valence-corrected chi connectivity index (χ0v) is 15.2. The standard InChI is InChI=1S/C17H27N3O3.ClH/c1-3-12(4-2)17(22)20-7-5-14(6-8-20)19-16(21)13-9-15(10-18)23-11-13;/h9,11-12,14H,3-8,10,18H2,1-2H3,(H,19,21);1H. The molecule has 1 aliphatic rings. The molecule has 3 N–H and O–H groups in total. The van der Waals surface area contributed by atoms with Crippen molar-refractivity contribution in [2.75, 3.05) is 13.1 Å². The second-order valence-corrected chi connectivity index (χ2v) is 6.09. The summed E-state index contributed by atoms with van der Waals surface area (Å²) in [7, 11) is 0. The second-order valence-electron chi connectivity index (χ2n) is 6.09. The Kier molecular flexibility index (Phi) is 8.28. The van der Waals surface area contributed by atoms with Crippen molar-refractivity contribution >= 4 is 24.2 Å². The molecule has 1 aromatic heterocycles. The quantitative estimate of drug-likeness (QED) is 0.817. The molecule has 2 rings (SSSR count). The van der Waals surface area contributed by atoms with E-state index in [1.807, 2.05) is 4.90 Å². The van der Waals surface area contributed by atoms with Crippen LogP contribution >= 0.6 is 12.4 Å².